The smallest absolute Gasteiger partial charge is 0.252 e. The molecule has 1 aliphatic heterocycles. The van der Waals surface area contributed by atoms with Crippen LogP contribution in [-0.2, 0) is 38.3 Å². The number of carbonyl (C=O) groups excluding carboxylic acids is 7. The molecule has 68 heavy (non-hydrogen) atoms. The summed E-state index contributed by atoms with van der Waals surface area (Å²) in [5, 5.41) is 65.9. The Morgan fingerprint density at radius 3 is 1.93 bits per heavy atom. The first-order valence-electron chi connectivity index (χ1n) is 23.7. The maximum atomic E-state index is 13.6. The number of ether oxygens (including phenoxy) is 1. The van der Waals surface area contributed by atoms with Gasteiger partial charge in [-0.15, -0.1) is 0 Å². The summed E-state index contributed by atoms with van der Waals surface area (Å²) in [6.07, 6.45) is -2.22. The summed E-state index contributed by atoms with van der Waals surface area (Å²) in [4.78, 5) is 90.7. The minimum Gasteiger partial charge on any atom is -0.391 e. The number of aliphatic hydroxyl groups excluding tert-OH is 4. The van der Waals surface area contributed by atoms with Gasteiger partial charge in [-0.05, 0) is 98.1 Å². The Morgan fingerprint density at radius 2 is 1.29 bits per heavy atom. The zero-order valence-corrected chi connectivity index (χ0v) is 39.8. The van der Waals surface area contributed by atoms with E-state index in [0.717, 1.165) is 25.9 Å². The number of unbranched alkanes of at least 4 members (excludes halogenated alkanes) is 3. The third-order valence-corrected chi connectivity index (χ3v) is 11.2. The molecular weight excluding hydrogens is 893 g/mol. The van der Waals surface area contributed by atoms with E-state index in [-0.39, 0.29) is 44.9 Å². The number of nitrogens with two attached hydrogens (primary N) is 5. The molecular formula is C42H84N14O12. The molecule has 0 aromatic carbocycles. The maximum absolute atomic E-state index is 13.6. The summed E-state index contributed by atoms with van der Waals surface area (Å²) in [6.45, 7) is 3.80. The highest BCUT2D eigenvalue weighted by atomic mass is 16.5. The number of amides is 7. The fourth-order valence-electron chi connectivity index (χ4n) is 6.97. The Hall–Kier alpha value is -4.19. The molecule has 1 rings (SSSR count). The Balaban J connectivity index is 2.71. The predicted molar refractivity (Wildman–Crippen MR) is 252 cm³/mol. The molecule has 0 aromatic rings. The highest BCUT2D eigenvalue weighted by Gasteiger charge is 2.36. The number of nitrogens with one attached hydrogen (secondary N) is 9. The normalized spacial score (nSPS) is 19.4. The lowest BCUT2D eigenvalue weighted by Gasteiger charge is -2.34. The van der Waals surface area contributed by atoms with Crippen LogP contribution in [0.25, 0.3) is 0 Å². The van der Waals surface area contributed by atoms with Crippen LogP contribution >= 0.6 is 0 Å². The van der Waals surface area contributed by atoms with Gasteiger partial charge in [0.05, 0.1) is 50.0 Å². The van der Waals surface area contributed by atoms with Gasteiger partial charge < -0.3 is 102 Å². The molecule has 11 unspecified atom stereocenters. The van der Waals surface area contributed by atoms with Crippen molar-refractivity contribution in [3.05, 3.63) is 0 Å². The SMILES string of the molecule is CNCC(NC(=O)CC1CC(O)C(NC(=O)C(CCCCN)NC(=O)C(CN)NC(=O)C(C)NC(=O)C(O)C(O)CC(O)C(N)CCCCN)CO1)C(=O)NCC(=O)NCCCNCCCCN. The van der Waals surface area contributed by atoms with E-state index >= 15 is 0 Å². The molecule has 0 aliphatic carbocycles. The van der Waals surface area contributed by atoms with Crippen molar-refractivity contribution in [1.29, 1.82) is 0 Å². The van der Waals surface area contributed by atoms with Crippen LogP contribution < -0.4 is 76.5 Å². The van der Waals surface area contributed by atoms with Crippen LogP contribution in [0.5, 0.6) is 0 Å². The lowest BCUT2D eigenvalue weighted by molar-refractivity contribution is -0.140. The topological polar surface area (TPSA) is 448 Å². The van der Waals surface area contributed by atoms with Crippen molar-refractivity contribution in [3.8, 4) is 0 Å². The molecule has 394 valence electrons. The molecule has 0 bridgehead atoms. The van der Waals surface area contributed by atoms with Crippen molar-refractivity contribution >= 4 is 41.4 Å². The lowest BCUT2D eigenvalue weighted by Crippen LogP contribution is -2.60. The van der Waals surface area contributed by atoms with Crippen LogP contribution in [0.3, 0.4) is 0 Å². The molecule has 1 heterocycles. The average molecular weight is 977 g/mol. The van der Waals surface area contributed by atoms with Gasteiger partial charge in [0.25, 0.3) is 5.91 Å². The minimum atomic E-state index is -2.02. The highest BCUT2D eigenvalue weighted by Crippen LogP contribution is 2.18. The quantitative estimate of drug-likeness (QED) is 0.0257. The van der Waals surface area contributed by atoms with Crippen molar-refractivity contribution in [2.45, 2.75) is 151 Å². The number of rotatable bonds is 37. The summed E-state index contributed by atoms with van der Waals surface area (Å²) < 4.78 is 5.81. The Labute approximate surface area is 399 Å². The second-order valence-corrected chi connectivity index (χ2v) is 17.1. The molecule has 23 N–H and O–H groups in total. The zero-order chi connectivity index (χ0) is 51.0. The summed E-state index contributed by atoms with van der Waals surface area (Å²) in [7, 11) is 1.59. The maximum Gasteiger partial charge on any atom is 0.252 e. The Morgan fingerprint density at radius 1 is 0.662 bits per heavy atom. The van der Waals surface area contributed by atoms with Crippen LogP contribution in [0, 0.1) is 0 Å². The summed E-state index contributed by atoms with van der Waals surface area (Å²) in [5.41, 5.74) is 28.3. The van der Waals surface area contributed by atoms with Crippen molar-refractivity contribution in [2.75, 3.05) is 72.6 Å². The van der Waals surface area contributed by atoms with E-state index in [9.17, 15) is 54.0 Å². The van der Waals surface area contributed by atoms with Gasteiger partial charge in [-0.3, -0.25) is 33.6 Å². The fourth-order valence-corrected chi connectivity index (χ4v) is 6.97. The van der Waals surface area contributed by atoms with E-state index in [0.29, 0.717) is 64.7 Å². The van der Waals surface area contributed by atoms with Crippen LogP contribution in [0.1, 0.15) is 84.0 Å². The van der Waals surface area contributed by atoms with Gasteiger partial charge in [-0.1, -0.05) is 6.42 Å². The molecule has 0 radical (unpaired) electrons. The molecule has 26 nitrogen and oxygen atoms in total. The lowest BCUT2D eigenvalue weighted by atomic mass is 9.97. The van der Waals surface area contributed by atoms with Gasteiger partial charge in [-0.25, -0.2) is 0 Å². The van der Waals surface area contributed by atoms with Crippen LogP contribution in [0.4, 0.5) is 0 Å². The molecule has 26 heteroatoms. The van der Waals surface area contributed by atoms with Gasteiger partial charge in [0.15, 0.2) is 6.10 Å². The molecule has 1 aliphatic rings. The predicted octanol–water partition coefficient (Wildman–Crippen LogP) is -7.84. The third-order valence-electron chi connectivity index (χ3n) is 11.2. The van der Waals surface area contributed by atoms with E-state index in [1.807, 2.05) is 0 Å². The third kappa shape index (κ3) is 25.4. The van der Waals surface area contributed by atoms with Gasteiger partial charge in [0, 0.05) is 38.5 Å². The fraction of sp³-hybridized carbons (Fsp3) is 0.833. The van der Waals surface area contributed by atoms with E-state index in [1.54, 1.807) is 7.05 Å². The molecule has 0 spiro atoms. The number of hydrogen-bond acceptors (Lipinski definition) is 19. The number of hydrogen-bond donors (Lipinski definition) is 18. The van der Waals surface area contributed by atoms with E-state index in [1.165, 1.54) is 6.92 Å². The summed E-state index contributed by atoms with van der Waals surface area (Å²) in [6, 6.07) is -6.57. The first-order chi connectivity index (χ1) is 32.4. The van der Waals surface area contributed by atoms with Crippen molar-refractivity contribution in [3.63, 3.8) is 0 Å². The number of likely N-dealkylation sites (N-methyl/N-ethyl adjacent to an activating group) is 1. The van der Waals surface area contributed by atoms with E-state index < -0.39 is 115 Å². The largest absolute Gasteiger partial charge is 0.391 e. The van der Waals surface area contributed by atoms with Crippen molar-refractivity contribution in [1.82, 2.24) is 47.9 Å². The first-order valence-corrected chi connectivity index (χ1v) is 23.7. The standard InChI is InChI=1S/C42H84N14O12/c1-25(52-42(67)37(62)34(59)20-32(57)27(47)10-3-5-12-43)38(63)55-29(21-46)41(66)54-28(11-4-6-13-44)40(65)56-31-24-68-26(18-33(31)58)19-35(60)53-30(22-48-2)39(64)51-23-36(61)50-17-9-16-49-15-8-7-14-45/h25-34,37,48-49,57-59,62H,3-24,43-47H2,1-2H3,(H,50,61)(H,51,64)(H,52,67)(H,53,60)(H,54,66)(H,55,63)(H,56,65). The number of carbonyl (C=O) groups is 7. The highest BCUT2D eigenvalue weighted by molar-refractivity contribution is 5.95. The Bertz CT molecular complexity index is 1510. The van der Waals surface area contributed by atoms with Crippen molar-refractivity contribution < 1.29 is 58.7 Å². The average Bonchev–Trinajstić information content (AvgIpc) is 3.30. The molecule has 0 aromatic heterocycles. The second kappa shape index (κ2) is 35.9. The first kappa shape index (κ1) is 61.8. The van der Waals surface area contributed by atoms with Crippen LogP contribution in [0.15, 0.2) is 0 Å². The number of aliphatic hydroxyl groups is 4. The molecule has 7 amide bonds. The van der Waals surface area contributed by atoms with Crippen molar-refractivity contribution in [2.24, 2.45) is 28.7 Å². The Kier molecular flexibility index (Phi) is 32.6. The van der Waals surface area contributed by atoms with Gasteiger partial charge in [0.2, 0.25) is 35.4 Å². The molecule has 11 atom stereocenters. The molecule has 1 fully saturated rings. The zero-order valence-electron chi connectivity index (χ0n) is 39.8. The molecule has 1 saturated heterocycles. The summed E-state index contributed by atoms with van der Waals surface area (Å²) >= 11 is 0. The van der Waals surface area contributed by atoms with Gasteiger partial charge in [0.1, 0.15) is 24.2 Å². The van der Waals surface area contributed by atoms with Gasteiger partial charge >= 0.3 is 0 Å². The van der Waals surface area contributed by atoms with Gasteiger partial charge in [-0.2, -0.15) is 0 Å². The minimum absolute atomic E-state index is 0.0629. The summed E-state index contributed by atoms with van der Waals surface area (Å²) in [5.74, 6) is -5.05. The molecule has 0 saturated carbocycles. The van der Waals surface area contributed by atoms with E-state index in [2.05, 4.69) is 47.9 Å². The second-order valence-electron chi connectivity index (χ2n) is 17.1. The van der Waals surface area contributed by atoms with Crippen LogP contribution in [0.2, 0.25) is 0 Å². The monoisotopic (exact) mass is 977 g/mol. The van der Waals surface area contributed by atoms with Crippen LogP contribution in [-0.4, -0.2) is 201 Å². The van der Waals surface area contributed by atoms with E-state index in [4.69, 9.17) is 33.4 Å².